The minimum absolute atomic E-state index is 0.0470. The third-order valence-corrected chi connectivity index (χ3v) is 16.3. The number of aryl methyl sites for hydroxylation is 1. The van der Waals surface area contributed by atoms with Gasteiger partial charge >= 0.3 is 0 Å². The average Bonchev–Trinajstić information content (AvgIpc) is 3.56. The van der Waals surface area contributed by atoms with Crippen molar-refractivity contribution >= 4 is 0 Å². The molecule has 17 N–H and O–H groups in total. The maximum atomic E-state index is 11.9. The van der Waals surface area contributed by atoms with Crippen molar-refractivity contribution in [2.75, 3.05) is 59.2 Å². The molecular formula is C50H80N2O28. The predicted octanol–water partition coefficient (Wildman–Crippen LogP) is -9.33. The van der Waals surface area contributed by atoms with Crippen molar-refractivity contribution in [2.24, 2.45) is 0 Å². The van der Waals surface area contributed by atoms with Crippen molar-refractivity contribution in [2.45, 2.75) is 216 Å². The van der Waals surface area contributed by atoms with Crippen molar-refractivity contribution in [3.05, 3.63) is 35.9 Å². The summed E-state index contributed by atoms with van der Waals surface area (Å²) in [6, 6.07) is 9.83. The van der Waals surface area contributed by atoms with E-state index in [2.05, 4.69) is 10.2 Å². The molecule has 30 nitrogen and oxygen atoms in total. The molecule has 12 fully saturated rings. The molecule has 0 radical (unpaired) electrons. The lowest BCUT2D eigenvalue weighted by atomic mass is 9.93. The number of nitrogens with one attached hydrogen (secondary N) is 1. The van der Waals surface area contributed by atoms with Crippen LogP contribution in [0.1, 0.15) is 31.2 Å². The van der Waals surface area contributed by atoms with Gasteiger partial charge in [-0.1, -0.05) is 30.3 Å². The number of aliphatic hydroxyl groups is 16. The first-order chi connectivity index (χ1) is 38.5. The fraction of sp³-hybridized carbons (Fsp3) is 0.880. The van der Waals surface area contributed by atoms with Gasteiger partial charge in [0.2, 0.25) is 0 Å². The Morgan fingerprint density at radius 2 is 0.738 bits per heavy atom. The zero-order valence-electron chi connectivity index (χ0n) is 43.6. The molecule has 12 unspecified atom stereocenters. The molecule has 13 rings (SSSR count). The number of benzene rings is 1. The Balaban J connectivity index is 1.09. The van der Waals surface area contributed by atoms with Crippen LogP contribution in [0.2, 0.25) is 0 Å². The molecule has 12 heterocycles. The van der Waals surface area contributed by atoms with E-state index < -0.39 is 211 Å². The summed E-state index contributed by atoms with van der Waals surface area (Å²) in [5.74, 6) is 0. The van der Waals surface area contributed by atoms with E-state index in [1.165, 1.54) is 0 Å². The van der Waals surface area contributed by atoms with E-state index in [1.807, 2.05) is 30.3 Å². The Labute approximate surface area is 459 Å². The molecule has 0 aliphatic carbocycles. The second-order valence-corrected chi connectivity index (χ2v) is 21.6. The van der Waals surface area contributed by atoms with Crippen LogP contribution in [-0.4, -0.2) is 330 Å². The summed E-state index contributed by atoms with van der Waals surface area (Å²) in [5.41, 5.74) is 1.12. The number of aliphatic hydroxyl groups excluding tert-OH is 16. The molecule has 0 saturated carbocycles. The number of fused-ring (bicyclic) bond motifs is 4. The quantitative estimate of drug-likeness (QED) is 0.115. The third kappa shape index (κ3) is 13.5. The van der Waals surface area contributed by atoms with E-state index in [0.29, 0.717) is 32.5 Å². The van der Waals surface area contributed by atoms with Crippen LogP contribution < -0.4 is 5.32 Å². The smallest absolute Gasteiger partial charge is 0.187 e. The second kappa shape index (κ2) is 28.0. The first-order valence-electron chi connectivity index (χ1n) is 27.4. The largest absolute Gasteiger partial charge is 0.394 e. The molecule has 0 spiro atoms. The van der Waals surface area contributed by atoms with Gasteiger partial charge < -0.3 is 149 Å². The predicted molar refractivity (Wildman–Crippen MR) is 260 cm³/mol. The Hall–Kier alpha value is -1.98. The molecule has 458 valence electrons. The topological polar surface area (TPSA) is 450 Å². The summed E-state index contributed by atoms with van der Waals surface area (Å²) in [5, 5.41) is 185. The highest BCUT2D eigenvalue weighted by Crippen LogP contribution is 2.39. The van der Waals surface area contributed by atoms with Crippen LogP contribution >= 0.6 is 0 Å². The van der Waals surface area contributed by atoms with Gasteiger partial charge in [0.25, 0.3) is 0 Å². The highest BCUT2D eigenvalue weighted by atomic mass is 16.8. The van der Waals surface area contributed by atoms with E-state index >= 15 is 0 Å². The summed E-state index contributed by atoms with van der Waals surface area (Å²) < 4.78 is 72.2. The van der Waals surface area contributed by atoms with E-state index in [4.69, 9.17) is 56.8 Å². The zero-order chi connectivity index (χ0) is 57.1. The Bertz CT molecular complexity index is 1910. The van der Waals surface area contributed by atoms with Crippen LogP contribution in [0, 0.1) is 0 Å². The van der Waals surface area contributed by atoms with Crippen LogP contribution in [-0.2, 0) is 63.3 Å². The molecule has 80 heavy (non-hydrogen) atoms. The second-order valence-electron chi connectivity index (χ2n) is 21.6. The third-order valence-electron chi connectivity index (χ3n) is 16.3. The molecule has 1 aromatic rings. The van der Waals surface area contributed by atoms with Crippen LogP contribution in [0.4, 0.5) is 0 Å². The van der Waals surface area contributed by atoms with Gasteiger partial charge in [0, 0.05) is 19.6 Å². The van der Waals surface area contributed by atoms with E-state index in [0.717, 1.165) is 18.4 Å². The summed E-state index contributed by atoms with van der Waals surface area (Å²) in [6.07, 6.45) is -53.2. The van der Waals surface area contributed by atoms with Crippen molar-refractivity contribution in [3.63, 3.8) is 0 Å². The van der Waals surface area contributed by atoms with Gasteiger partial charge in [0.15, 0.2) is 37.7 Å². The highest BCUT2D eigenvalue weighted by Gasteiger charge is 2.59. The van der Waals surface area contributed by atoms with Gasteiger partial charge in [-0.3, -0.25) is 0 Å². The van der Waals surface area contributed by atoms with E-state index in [-0.39, 0.29) is 19.5 Å². The lowest BCUT2D eigenvalue weighted by Gasteiger charge is -2.51. The van der Waals surface area contributed by atoms with Crippen LogP contribution in [0.5, 0.6) is 0 Å². The number of ether oxygens (including phenoxy) is 12. The van der Waals surface area contributed by atoms with E-state index in [9.17, 15) is 81.7 Å². The molecule has 30 atom stereocenters. The lowest BCUT2D eigenvalue weighted by molar-refractivity contribution is -0.403. The number of rotatable bonds is 8. The van der Waals surface area contributed by atoms with Crippen molar-refractivity contribution in [1.29, 1.82) is 0 Å². The molecule has 0 amide bonds. The maximum Gasteiger partial charge on any atom is 0.187 e. The molecule has 12 aliphatic heterocycles. The summed E-state index contributed by atoms with van der Waals surface area (Å²) in [7, 11) is 0. The van der Waals surface area contributed by atoms with Crippen molar-refractivity contribution in [1.82, 2.24) is 10.2 Å². The van der Waals surface area contributed by atoms with Crippen LogP contribution in [0.3, 0.4) is 0 Å². The molecule has 30 heteroatoms. The minimum atomic E-state index is -2.10. The van der Waals surface area contributed by atoms with Gasteiger partial charge in [-0.2, -0.15) is 0 Å². The molecule has 12 aliphatic rings. The van der Waals surface area contributed by atoms with E-state index in [1.54, 1.807) is 0 Å². The van der Waals surface area contributed by atoms with Crippen LogP contribution in [0.15, 0.2) is 30.3 Å². The Morgan fingerprint density at radius 1 is 0.388 bits per heavy atom. The van der Waals surface area contributed by atoms with Gasteiger partial charge in [0.1, 0.15) is 140 Å². The first-order valence-corrected chi connectivity index (χ1v) is 27.4. The minimum Gasteiger partial charge on any atom is -0.394 e. The lowest BCUT2D eigenvalue weighted by Crippen LogP contribution is -2.69. The van der Waals surface area contributed by atoms with Crippen molar-refractivity contribution < 1.29 is 139 Å². The molecule has 1 aromatic carbocycles. The molecule has 12 saturated heterocycles. The SMILES string of the molecule is OC[C@H]1O[C@@H]2O[C@H]3C(O)C(O)[C@@H]4O[C@@H]3CCCCN(CCCc3ccccc3)CCNC[C@H]3O[C@H](O[C@H]5C(O)C(O)[C@H](O[C@@H]5CO)O[C@H]1C(O)C2O)C(O)C(O)[C@@H]3O[C@H]1O[C@H](CO)[C@@H](O[C@H]2O[C@H](CO)[C@@H](O4)C(O)C2O)C(O)C1O. The Morgan fingerprint density at radius 3 is 1.14 bits per heavy atom. The van der Waals surface area contributed by atoms with Gasteiger partial charge in [-0.25, -0.2) is 0 Å². The number of hydrogen-bond donors (Lipinski definition) is 17. The molecule has 0 aromatic heterocycles. The van der Waals surface area contributed by atoms with Gasteiger partial charge in [-0.15, -0.1) is 0 Å². The molecular weight excluding hydrogens is 1080 g/mol. The fourth-order valence-electron chi connectivity index (χ4n) is 11.7. The standard InChI is InChI=1S/C50H80N2O28/c53-16-23-41-31(61)37(67)49(73-23)80-44-26(19-56)72-48(36(66)30(44)60)76-40-22-15-51-11-14-52(13-6-9-20-7-2-1-3-8-20)12-5-4-10-21-39(27(57)33(63)45(69-21)77-41)75-47-35(65)29(59)43(25(18-55)71-47)79-50-38(68)32(62)42(24(17-54)74-50)78-46(70-22)34(64)28(40)58/h1-3,7-8,21-51,53-68H,4-6,9-19H2/t21-,22-,23-,24-,25-,26-,27?,28?,29?,30?,31?,32?,33?,34?,35?,36?,37?,38?,39-,40-,41-,42-,43-,44-,45-,46-,47-,48-,49-,50-/m1/s1. The number of nitrogens with zero attached hydrogens (tertiary/aromatic N) is 1. The van der Waals surface area contributed by atoms with Gasteiger partial charge in [0.05, 0.1) is 32.5 Å². The normalized spacial score (nSPS) is 49.5. The summed E-state index contributed by atoms with van der Waals surface area (Å²) >= 11 is 0. The highest BCUT2D eigenvalue weighted by molar-refractivity contribution is 5.14. The molecule has 12 bridgehead atoms. The number of hydrogen-bond acceptors (Lipinski definition) is 30. The zero-order valence-corrected chi connectivity index (χ0v) is 43.6. The average molecular weight is 1160 g/mol. The summed E-state index contributed by atoms with van der Waals surface area (Å²) in [4.78, 5) is 2.16. The Kier molecular flexibility index (Phi) is 21.9. The summed E-state index contributed by atoms with van der Waals surface area (Å²) in [6.45, 7) is -2.21. The maximum absolute atomic E-state index is 11.9. The fourth-order valence-corrected chi connectivity index (χ4v) is 11.7. The van der Waals surface area contributed by atoms with Crippen molar-refractivity contribution in [3.8, 4) is 0 Å². The monoisotopic (exact) mass is 1160 g/mol. The van der Waals surface area contributed by atoms with Crippen LogP contribution in [0.25, 0.3) is 0 Å². The van der Waals surface area contributed by atoms with Gasteiger partial charge in [-0.05, 0) is 50.8 Å². The first kappa shape index (κ1) is 62.5.